The minimum absolute atomic E-state index is 0.122. The number of benzene rings is 3. The van der Waals surface area contributed by atoms with E-state index in [0.717, 1.165) is 5.56 Å². The normalized spacial score (nSPS) is 11.2. The molecule has 0 aliphatic carbocycles. The fourth-order valence-corrected chi connectivity index (χ4v) is 2.94. The molecule has 0 saturated carbocycles. The van der Waals surface area contributed by atoms with Gasteiger partial charge in [0.05, 0.1) is 14.2 Å². The fraction of sp³-hybridized carbons (Fsp3) is 0.200. The van der Waals surface area contributed by atoms with E-state index in [0.29, 0.717) is 29.5 Å². The Kier molecular flexibility index (Phi) is 7.70. The van der Waals surface area contributed by atoms with Crippen molar-refractivity contribution in [1.82, 2.24) is 0 Å². The van der Waals surface area contributed by atoms with Crippen LogP contribution < -0.4 is 19.5 Å². The second-order valence-corrected chi connectivity index (χ2v) is 6.87. The van der Waals surface area contributed by atoms with E-state index in [4.69, 9.17) is 18.9 Å². The average molecular weight is 435 g/mol. The number of hydrogen-bond donors (Lipinski definition) is 1. The van der Waals surface area contributed by atoms with Gasteiger partial charge in [0.2, 0.25) is 0 Å². The molecule has 3 rings (SSSR count). The third-order valence-corrected chi connectivity index (χ3v) is 4.66. The molecular weight excluding hydrogens is 410 g/mol. The number of anilines is 1. The fourth-order valence-electron chi connectivity index (χ4n) is 2.94. The molecule has 0 spiro atoms. The smallest absolute Gasteiger partial charge is 0.346 e. The maximum atomic E-state index is 12.6. The van der Waals surface area contributed by atoms with Crippen LogP contribution in [-0.2, 0) is 16.1 Å². The Morgan fingerprint density at radius 3 is 2.06 bits per heavy atom. The molecule has 1 amide bonds. The summed E-state index contributed by atoms with van der Waals surface area (Å²) < 4.78 is 21.5. The molecule has 3 aromatic rings. The molecule has 0 aliphatic rings. The summed E-state index contributed by atoms with van der Waals surface area (Å²) in [6, 6.07) is 21.7. The van der Waals surface area contributed by atoms with Gasteiger partial charge in [0, 0.05) is 5.69 Å². The lowest BCUT2D eigenvalue weighted by molar-refractivity contribution is -0.123. The van der Waals surface area contributed by atoms with E-state index in [2.05, 4.69) is 5.32 Å². The van der Waals surface area contributed by atoms with Crippen LogP contribution in [-0.4, -0.2) is 32.2 Å². The molecule has 1 N–H and O–H groups in total. The minimum Gasteiger partial charge on any atom is -0.496 e. The zero-order valence-corrected chi connectivity index (χ0v) is 18.2. The standard InChI is InChI=1S/C25H25NO6/c1-17(32-25(28)23-21(29-2)10-7-11-22(23)30-3)24(27)26-19-12-14-20(15-13-19)31-16-18-8-5-4-6-9-18/h4-15,17H,16H2,1-3H3,(H,26,27). The molecule has 0 heterocycles. The number of esters is 1. The van der Waals surface area contributed by atoms with Gasteiger partial charge in [-0.25, -0.2) is 4.79 Å². The number of ether oxygens (including phenoxy) is 4. The van der Waals surface area contributed by atoms with Crippen LogP contribution in [0.3, 0.4) is 0 Å². The van der Waals surface area contributed by atoms with Gasteiger partial charge in [-0.3, -0.25) is 4.79 Å². The Morgan fingerprint density at radius 2 is 1.47 bits per heavy atom. The monoisotopic (exact) mass is 435 g/mol. The molecule has 0 radical (unpaired) electrons. The third-order valence-electron chi connectivity index (χ3n) is 4.66. The Labute approximate surface area is 186 Å². The van der Waals surface area contributed by atoms with Crippen molar-refractivity contribution in [2.24, 2.45) is 0 Å². The first-order chi connectivity index (χ1) is 15.5. The molecule has 0 saturated heterocycles. The minimum atomic E-state index is -1.04. The summed E-state index contributed by atoms with van der Waals surface area (Å²) in [5, 5.41) is 2.72. The van der Waals surface area contributed by atoms with Gasteiger partial charge in [0.15, 0.2) is 6.10 Å². The van der Waals surface area contributed by atoms with Gasteiger partial charge in [0.1, 0.15) is 29.4 Å². The van der Waals surface area contributed by atoms with Crippen LogP contribution in [0.15, 0.2) is 72.8 Å². The zero-order chi connectivity index (χ0) is 22.9. The van der Waals surface area contributed by atoms with Crippen LogP contribution in [0, 0.1) is 0 Å². The molecular formula is C25H25NO6. The third kappa shape index (κ3) is 5.78. The quantitative estimate of drug-likeness (QED) is 0.500. The first kappa shape index (κ1) is 22.7. The number of carbonyl (C=O) groups is 2. The van der Waals surface area contributed by atoms with Gasteiger partial charge in [-0.15, -0.1) is 0 Å². The molecule has 7 nitrogen and oxygen atoms in total. The molecule has 166 valence electrons. The lowest BCUT2D eigenvalue weighted by Gasteiger charge is -2.16. The molecule has 1 unspecified atom stereocenters. The summed E-state index contributed by atoms with van der Waals surface area (Å²) in [6.45, 7) is 1.94. The van der Waals surface area contributed by atoms with Crippen molar-refractivity contribution in [1.29, 1.82) is 0 Å². The topological polar surface area (TPSA) is 83.1 Å². The molecule has 0 bridgehead atoms. The van der Waals surface area contributed by atoms with Crippen molar-refractivity contribution in [2.75, 3.05) is 19.5 Å². The Bertz CT molecular complexity index is 1030. The molecule has 3 aromatic carbocycles. The van der Waals surface area contributed by atoms with Crippen LogP contribution in [0.25, 0.3) is 0 Å². The van der Waals surface area contributed by atoms with Crippen LogP contribution in [0.5, 0.6) is 17.2 Å². The Balaban J connectivity index is 1.57. The summed E-state index contributed by atoms with van der Waals surface area (Å²) >= 11 is 0. The number of carbonyl (C=O) groups excluding carboxylic acids is 2. The summed E-state index contributed by atoms with van der Waals surface area (Å²) in [5.41, 5.74) is 1.74. The number of methoxy groups -OCH3 is 2. The van der Waals surface area contributed by atoms with Gasteiger partial charge >= 0.3 is 5.97 Å². The highest BCUT2D eigenvalue weighted by molar-refractivity contribution is 5.99. The average Bonchev–Trinajstić information content (AvgIpc) is 2.83. The summed E-state index contributed by atoms with van der Waals surface area (Å²) in [5.74, 6) is 0.0903. The van der Waals surface area contributed by atoms with E-state index in [1.807, 2.05) is 30.3 Å². The van der Waals surface area contributed by atoms with Crippen molar-refractivity contribution >= 4 is 17.6 Å². The maximum absolute atomic E-state index is 12.6. The van der Waals surface area contributed by atoms with E-state index in [1.165, 1.54) is 21.1 Å². The van der Waals surface area contributed by atoms with E-state index in [-0.39, 0.29) is 5.56 Å². The van der Waals surface area contributed by atoms with Crippen LogP contribution in [0.4, 0.5) is 5.69 Å². The number of hydrogen-bond acceptors (Lipinski definition) is 6. The molecule has 32 heavy (non-hydrogen) atoms. The van der Waals surface area contributed by atoms with E-state index in [1.54, 1.807) is 42.5 Å². The predicted octanol–water partition coefficient (Wildman–Crippen LogP) is 4.47. The highest BCUT2D eigenvalue weighted by Crippen LogP contribution is 2.29. The van der Waals surface area contributed by atoms with Crippen LogP contribution in [0.1, 0.15) is 22.8 Å². The van der Waals surface area contributed by atoms with Gasteiger partial charge in [-0.05, 0) is 48.9 Å². The second kappa shape index (κ2) is 10.9. The summed E-state index contributed by atoms with van der Waals surface area (Å²) in [7, 11) is 2.88. The van der Waals surface area contributed by atoms with Crippen LogP contribution in [0.2, 0.25) is 0 Å². The number of nitrogens with one attached hydrogen (secondary N) is 1. The SMILES string of the molecule is COc1cccc(OC)c1C(=O)OC(C)C(=O)Nc1ccc(OCc2ccccc2)cc1. The summed E-state index contributed by atoms with van der Waals surface area (Å²) in [6.07, 6.45) is -1.04. The first-order valence-electron chi connectivity index (χ1n) is 10.0. The van der Waals surface area contributed by atoms with Gasteiger partial charge in [-0.2, -0.15) is 0 Å². The number of amides is 1. The molecule has 7 heteroatoms. The van der Waals surface area contributed by atoms with Crippen LogP contribution >= 0.6 is 0 Å². The highest BCUT2D eigenvalue weighted by atomic mass is 16.6. The van der Waals surface area contributed by atoms with Gasteiger partial charge in [-0.1, -0.05) is 36.4 Å². The van der Waals surface area contributed by atoms with Gasteiger partial charge < -0.3 is 24.3 Å². The van der Waals surface area contributed by atoms with Crippen molar-refractivity contribution in [3.05, 3.63) is 83.9 Å². The second-order valence-electron chi connectivity index (χ2n) is 6.87. The van der Waals surface area contributed by atoms with Crippen molar-refractivity contribution in [3.8, 4) is 17.2 Å². The van der Waals surface area contributed by atoms with Crippen molar-refractivity contribution in [3.63, 3.8) is 0 Å². The van der Waals surface area contributed by atoms with Crippen molar-refractivity contribution < 1.29 is 28.5 Å². The molecule has 0 fully saturated rings. The van der Waals surface area contributed by atoms with E-state index in [9.17, 15) is 9.59 Å². The zero-order valence-electron chi connectivity index (χ0n) is 18.2. The highest BCUT2D eigenvalue weighted by Gasteiger charge is 2.24. The first-order valence-corrected chi connectivity index (χ1v) is 10.0. The maximum Gasteiger partial charge on any atom is 0.346 e. The predicted molar refractivity (Wildman–Crippen MR) is 120 cm³/mol. The largest absolute Gasteiger partial charge is 0.496 e. The van der Waals surface area contributed by atoms with E-state index >= 15 is 0 Å². The molecule has 1 atom stereocenters. The van der Waals surface area contributed by atoms with Gasteiger partial charge in [0.25, 0.3) is 5.91 Å². The van der Waals surface area contributed by atoms with Crippen molar-refractivity contribution in [2.45, 2.75) is 19.6 Å². The lowest BCUT2D eigenvalue weighted by Crippen LogP contribution is -2.30. The number of rotatable bonds is 9. The summed E-state index contributed by atoms with van der Waals surface area (Å²) in [4.78, 5) is 25.1. The molecule has 0 aliphatic heterocycles. The Morgan fingerprint density at radius 1 is 0.844 bits per heavy atom. The van der Waals surface area contributed by atoms with E-state index < -0.39 is 18.0 Å². The lowest BCUT2D eigenvalue weighted by atomic mass is 10.1. The molecule has 0 aromatic heterocycles. The Hall–Kier alpha value is -4.00.